The summed E-state index contributed by atoms with van der Waals surface area (Å²) in [5, 5.41) is 20.2. The van der Waals surface area contributed by atoms with E-state index in [-0.39, 0.29) is 6.10 Å². The van der Waals surface area contributed by atoms with E-state index in [0.29, 0.717) is 12.5 Å². The first kappa shape index (κ1) is 15.6. The monoisotopic (exact) mass is 336 g/mol. The van der Waals surface area contributed by atoms with Gasteiger partial charge in [-0.15, -0.1) is 0 Å². The topological polar surface area (TPSA) is 90.0 Å². The van der Waals surface area contributed by atoms with Crippen LogP contribution in [0.25, 0.3) is 11.3 Å². The molecule has 0 saturated carbocycles. The first-order valence-electron chi connectivity index (χ1n) is 8.41. The van der Waals surface area contributed by atoms with E-state index in [2.05, 4.69) is 30.4 Å². The highest BCUT2D eigenvalue weighted by molar-refractivity contribution is 5.76. The molecule has 1 aliphatic rings. The van der Waals surface area contributed by atoms with Crippen LogP contribution in [0.15, 0.2) is 48.8 Å². The molecule has 3 aromatic rings. The van der Waals surface area contributed by atoms with Gasteiger partial charge in [0, 0.05) is 24.8 Å². The molecule has 1 aliphatic heterocycles. The van der Waals surface area contributed by atoms with Crippen LogP contribution >= 0.6 is 0 Å². The third-order valence-electron chi connectivity index (χ3n) is 4.31. The Balaban J connectivity index is 1.56. The van der Waals surface area contributed by atoms with Gasteiger partial charge in [-0.1, -0.05) is 30.3 Å². The number of H-pyrrole nitrogens is 1. The van der Waals surface area contributed by atoms with Crippen LogP contribution in [0.2, 0.25) is 0 Å². The molecule has 7 heteroatoms. The van der Waals surface area contributed by atoms with E-state index < -0.39 is 0 Å². The third-order valence-corrected chi connectivity index (χ3v) is 4.31. The maximum absolute atomic E-state index is 9.87. The zero-order chi connectivity index (χ0) is 17.1. The van der Waals surface area contributed by atoms with Gasteiger partial charge in [0.25, 0.3) is 0 Å². The average Bonchev–Trinajstić information content (AvgIpc) is 3.11. The summed E-state index contributed by atoms with van der Waals surface area (Å²) < 4.78 is 0. The van der Waals surface area contributed by atoms with Gasteiger partial charge in [0.2, 0.25) is 5.95 Å². The Hall–Kier alpha value is -2.93. The van der Waals surface area contributed by atoms with Crippen molar-refractivity contribution >= 4 is 17.5 Å². The van der Waals surface area contributed by atoms with Gasteiger partial charge >= 0.3 is 0 Å². The first-order chi connectivity index (χ1) is 12.3. The fourth-order valence-electron chi connectivity index (χ4n) is 3.07. The van der Waals surface area contributed by atoms with Crippen LogP contribution in [-0.2, 0) is 0 Å². The number of aromatic amines is 1. The molecule has 1 unspecified atom stereocenters. The van der Waals surface area contributed by atoms with Crippen LogP contribution in [0.4, 0.5) is 17.5 Å². The zero-order valence-electron chi connectivity index (χ0n) is 13.8. The van der Waals surface area contributed by atoms with Gasteiger partial charge in [-0.25, -0.2) is 4.98 Å². The lowest BCUT2D eigenvalue weighted by molar-refractivity contribution is 0.154. The number of benzene rings is 1. The Morgan fingerprint density at radius 3 is 2.92 bits per heavy atom. The van der Waals surface area contributed by atoms with Crippen LogP contribution < -0.4 is 10.2 Å². The standard InChI is InChI=1S/C18H20N6O/c25-14-7-4-10-24(12-14)16-8-9-19-18(22-16)21-15-11-20-23-17(15)13-5-2-1-3-6-13/h1-3,5-6,8-9,11,14,25H,4,7,10,12H2,(H,20,23)(H,19,21,22). The second kappa shape index (κ2) is 6.90. The molecular formula is C18H20N6O. The van der Waals surface area contributed by atoms with Gasteiger partial charge in [0.05, 0.1) is 23.7 Å². The molecule has 2 aromatic heterocycles. The lowest BCUT2D eigenvalue weighted by atomic mass is 10.1. The van der Waals surface area contributed by atoms with E-state index >= 15 is 0 Å². The van der Waals surface area contributed by atoms with Gasteiger partial charge in [-0.2, -0.15) is 10.1 Å². The first-order valence-corrected chi connectivity index (χ1v) is 8.41. The summed E-state index contributed by atoms with van der Waals surface area (Å²) in [7, 11) is 0. The number of anilines is 3. The lowest BCUT2D eigenvalue weighted by Crippen LogP contribution is -2.38. The van der Waals surface area contributed by atoms with Crippen molar-refractivity contribution in [2.24, 2.45) is 0 Å². The predicted molar refractivity (Wildman–Crippen MR) is 96.8 cm³/mol. The number of piperidine rings is 1. The van der Waals surface area contributed by atoms with E-state index in [4.69, 9.17) is 0 Å². The Kier molecular flexibility index (Phi) is 4.30. The van der Waals surface area contributed by atoms with E-state index in [1.54, 1.807) is 12.4 Å². The second-order valence-electron chi connectivity index (χ2n) is 6.13. The molecule has 25 heavy (non-hydrogen) atoms. The number of nitrogens with zero attached hydrogens (tertiary/aromatic N) is 4. The maximum atomic E-state index is 9.87. The summed E-state index contributed by atoms with van der Waals surface area (Å²) in [5.41, 5.74) is 2.75. The van der Waals surface area contributed by atoms with Crippen LogP contribution in [0.5, 0.6) is 0 Å². The molecule has 3 N–H and O–H groups in total. The predicted octanol–water partition coefficient (Wildman–Crippen LogP) is 2.57. The highest BCUT2D eigenvalue weighted by atomic mass is 16.3. The number of aliphatic hydroxyl groups excluding tert-OH is 1. The van der Waals surface area contributed by atoms with Gasteiger partial charge in [0.1, 0.15) is 5.82 Å². The minimum absolute atomic E-state index is 0.293. The Morgan fingerprint density at radius 2 is 2.08 bits per heavy atom. The molecule has 1 saturated heterocycles. The van der Waals surface area contributed by atoms with Gasteiger partial charge in [-0.05, 0) is 18.9 Å². The fourth-order valence-corrected chi connectivity index (χ4v) is 3.07. The molecular weight excluding hydrogens is 316 g/mol. The summed E-state index contributed by atoms with van der Waals surface area (Å²) in [6.07, 6.45) is 4.98. The number of hydrogen-bond acceptors (Lipinski definition) is 6. The Labute approximate surface area is 145 Å². The van der Waals surface area contributed by atoms with Gasteiger partial charge in [-0.3, -0.25) is 5.10 Å². The van der Waals surface area contributed by atoms with Crippen LogP contribution in [0, 0.1) is 0 Å². The molecule has 0 bridgehead atoms. The summed E-state index contributed by atoms with van der Waals surface area (Å²) in [4.78, 5) is 11.0. The summed E-state index contributed by atoms with van der Waals surface area (Å²) in [5.74, 6) is 1.33. The van der Waals surface area contributed by atoms with Crippen molar-refractivity contribution < 1.29 is 5.11 Å². The molecule has 0 spiro atoms. The van der Waals surface area contributed by atoms with Crippen molar-refractivity contribution in [3.63, 3.8) is 0 Å². The van der Waals surface area contributed by atoms with E-state index in [0.717, 1.165) is 42.1 Å². The number of hydrogen-bond donors (Lipinski definition) is 3. The SMILES string of the molecule is OC1CCCN(c2ccnc(Nc3cn[nH]c3-c3ccccc3)n2)C1. The minimum atomic E-state index is -0.293. The molecule has 128 valence electrons. The molecule has 1 atom stereocenters. The lowest BCUT2D eigenvalue weighted by Gasteiger charge is -2.31. The fraction of sp³-hybridized carbons (Fsp3) is 0.278. The third kappa shape index (κ3) is 3.46. The van der Waals surface area contributed by atoms with Crippen molar-refractivity contribution in [1.29, 1.82) is 0 Å². The van der Waals surface area contributed by atoms with Gasteiger partial charge < -0.3 is 15.3 Å². The van der Waals surface area contributed by atoms with E-state index in [1.165, 1.54) is 0 Å². The summed E-state index contributed by atoms with van der Waals surface area (Å²) >= 11 is 0. The van der Waals surface area contributed by atoms with Crippen molar-refractivity contribution in [3.8, 4) is 11.3 Å². The maximum Gasteiger partial charge on any atom is 0.229 e. The van der Waals surface area contributed by atoms with Crippen molar-refractivity contribution in [3.05, 3.63) is 48.8 Å². The minimum Gasteiger partial charge on any atom is -0.391 e. The van der Waals surface area contributed by atoms with Crippen molar-refractivity contribution in [1.82, 2.24) is 20.2 Å². The largest absolute Gasteiger partial charge is 0.391 e. The van der Waals surface area contributed by atoms with Crippen LogP contribution in [0.1, 0.15) is 12.8 Å². The van der Waals surface area contributed by atoms with Crippen LogP contribution in [-0.4, -0.2) is 44.5 Å². The molecule has 1 fully saturated rings. The number of aromatic nitrogens is 4. The van der Waals surface area contributed by atoms with E-state index in [1.807, 2.05) is 36.4 Å². The normalized spacial score (nSPS) is 17.5. The highest BCUT2D eigenvalue weighted by Gasteiger charge is 2.19. The highest BCUT2D eigenvalue weighted by Crippen LogP contribution is 2.27. The van der Waals surface area contributed by atoms with Crippen LogP contribution in [0.3, 0.4) is 0 Å². The zero-order valence-corrected chi connectivity index (χ0v) is 13.8. The molecule has 1 aromatic carbocycles. The number of rotatable bonds is 4. The Bertz CT molecular complexity index is 834. The number of aliphatic hydroxyl groups is 1. The molecule has 0 aliphatic carbocycles. The molecule has 0 amide bonds. The number of β-amino-alcohol motifs (C(OH)–C–C–N with tert-alkyl or cyclic N) is 1. The molecule has 0 radical (unpaired) electrons. The summed E-state index contributed by atoms with van der Waals surface area (Å²) in [6, 6.07) is 11.9. The van der Waals surface area contributed by atoms with E-state index in [9.17, 15) is 5.11 Å². The average molecular weight is 336 g/mol. The van der Waals surface area contributed by atoms with Gasteiger partial charge in [0.15, 0.2) is 0 Å². The molecule has 7 nitrogen and oxygen atoms in total. The smallest absolute Gasteiger partial charge is 0.229 e. The van der Waals surface area contributed by atoms with Crippen molar-refractivity contribution in [2.75, 3.05) is 23.3 Å². The Morgan fingerprint density at radius 1 is 1.20 bits per heavy atom. The summed E-state index contributed by atoms with van der Waals surface area (Å²) in [6.45, 7) is 1.51. The molecule has 3 heterocycles. The second-order valence-corrected chi connectivity index (χ2v) is 6.13. The number of nitrogens with one attached hydrogen (secondary N) is 2. The quantitative estimate of drug-likeness (QED) is 0.678. The molecule has 4 rings (SSSR count). The van der Waals surface area contributed by atoms with Crippen molar-refractivity contribution in [2.45, 2.75) is 18.9 Å².